The third-order valence-corrected chi connectivity index (χ3v) is 3.25. The first-order valence-corrected chi connectivity index (χ1v) is 6.54. The minimum Gasteiger partial charge on any atom is -0.369 e. The molecule has 5 heteroatoms. The van der Waals surface area contributed by atoms with E-state index in [1.54, 1.807) is 6.92 Å². The van der Waals surface area contributed by atoms with Crippen molar-refractivity contribution in [3.05, 3.63) is 17.7 Å². The molecule has 18 heavy (non-hydrogen) atoms. The van der Waals surface area contributed by atoms with Gasteiger partial charge in [0.15, 0.2) is 0 Å². The molecule has 0 bridgehead atoms. The van der Waals surface area contributed by atoms with Crippen molar-refractivity contribution < 1.29 is 9.53 Å². The zero-order valence-corrected chi connectivity index (χ0v) is 11.3. The number of aryl methyl sites for hydroxylation is 2. The van der Waals surface area contributed by atoms with Gasteiger partial charge in [-0.2, -0.15) is 0 Å². The quantitative estimate of drug-likeness (QED) is 0.870. The molecule has 0 saturated heterocycles. The fourth-order valence-corrected chi connectivity index (χ4v) is 2.35. The number of fused-ring (bicyclic) bond motifs is 1. The van der Waals surface area contributed by atoms with Gasteiger partial charge in [-0.1, -0.05) is 0 Å². The molecular formula is C13H21N3O2. The molecule has 2 atom stereocenters. The fourth-order valence-electron chi connectivity index (χ4n) is 2.35. The van der Waals surface area contributed by atoms with Gasteiger partial charge >= 0.3 is 0 Å². The Morgan fingerprint density at radius 3 is 3.22 bits per heavy atom. The Bertz CT molecular complexity index is 428. The van der Waals surface area contributed by atoms with E-state index in [0.717, 1.165) is 30.9 Å². The number of hydrogen-bond acceptors (Lipinski definition) is 3. The number of nitrogens with zero attached hydrogens (tertiary/aromatic N) is 2. The Balaban J connectivity index is 1.91. The predicted octanol–water partition coefficient (Wildman–Crippen LogP) is 1.05. The van der Waals surface area contributed by atoms with Gasteiger partial charge in [0.2, 0.25) is 5.91 Å². The zero-order chi connectivity index (χ0) is 13.1. The lowest BCUT2D eigenvalue weighted by Crippen LogP contribution is -2.45. The molecular weight excluding hydrogens is 230 g/mol. The van der Waals surface area contributed by atoms with Crippen molar-refractivity contribution >= 4 is 5.91 Å². The molecule has 0 fully saturated rings. The molecule has 1 N–H and O–H groups in total. The summed E-state index contributed by atoms with van der Waals surface area (Å²) in [5.74, 6) is 1.10. The minimum atomic E-state index is -0.374. The van der Waals surface area contributed by atoms with Crippen LogP contribution in [0.4, 0.5) is 0 Å². The van der Waals surface area contributed by atoms with E-state index >= 15 is 0 Å². The van der Waals surface area contributed by atoms with Crippen molar-refractivity contribution in [2.24, 2.45) is 0 Å². The molecule has 1 aliphatic heterocycles. The summed E-state index contributed by atoms with van der Waals surface area (Å²) in [5, 5.41) is 3.04. The van der Waals surface area contributed by atoms with Crippen LogP contribution in [0.15, 0.2) is 6.20 Å². The van der Waals surface area contributed by atoms with E-state index in [0.29, 0.717) is 6.61 Å². The highest BCUT2D eigenvalue weighted by Gasteiger charge is 2.23. The maximum absolute atomic E-state index is 11.9. The van der Waals surface area contributed by atoms with Crippen LogP contribution < -0.4 is 5.32 Å². The van der Waals surface area contributed by atoms with Gasteiger partial charge in [0.25, 0.3) is 0 Å². The molecule has 0 saturated carbocycles. The van der Waals surface area contributed by atoms with Gasteiger partial charge in [-0.3, -0.25) is 4.79 Å². The summed E-state index contributed by atoms with van der Waals surface area (Å²) in [7, 11) is 0. The standard InChI is InChI=1S/C13H21N3O2/c1-4-18-10(3)13(17)15-11-5-6-12-14-9(2)7-16(12)8-11/h7,10-11H,4-6,8H2,1-3H3,(H,15,17)/t10-,11-/m0/s1. The molecule has 1 aromatic rings. The van der Waals surface area contributed by atoms with Gasteiger partial charge in [0.05, 0.1) is 5.69 Å². The first kappa shape index (κ1) is 13.1. The van der Waals surface area contributed by atoms with Crippen molar-refractivity contribution in [2.45, 2.75) is 52.3 Å². The topological polar surface area (TPSA) is 56.1 Å². The van der Waals surface area contributed by atoms with Crippen LogP contribution in [0, 0.1) is 6.92 Å². The molecule has 2 heterocycles. The molecule has 0 aromatic carbocycles. The van der Waals surface area contributed by atoms with E-state index in [2.05, 4.69) is 14.9 Å². The van der Waals surface area contributed by atoms with Crippen LogP contribution in [0.3, 0.4) is 0 Å². The van der Waals surface area contributed by atoms with Gasteiger partial charge in [-0.05, 0) is 27.2 Å². The SMILES string of the molecule is CCO[C@@H](C)C(=O)N[C@H]1CCc2nc(C)cn2C1. The third-order valence-electron chi connectivity index (χ3n) is 3.25. The van der Waals surface area contributed by atoms with E-state index in [4.69, 9.17) is 4.74 Å². The minimum absolute atomic E-state index is 0.0258. The highest BCUT2D eigenvalue weighted by Crippen LogP contribution is 2.15. The zero-order valence-electron chi connectivity index (χ0n) is 11.3. The Labute approximate surface area is 108 Å². The Morgan fingerprint density at radius 2 is 2.50 bits per heavy atom. The van der Waals surface area contributed by atoms with Crippen LogP contribution in [0.1, 0.15) is 31.8 Å². The third kappa shape index (κ3) is 2.90. The summed E-state index contributed by atoms with van der Waals surface area (Å²) >= 11 is 0. The second kappa shape index (κ2) is 5.52. The first-order valence-electron chi connectivity index (χ1n) is 6.54. The summed E-state index contributed by atoms with van der Waals surface area (Å²) in [4.78, 5) is 16.3. The summed E-state index contributed by atoms with van der Waals surface area (Å²) < 4.78 is 7.42. The molecule has 1 aromatic heterocycles. The molecule has 0 aliphatic carbocycles. The van der Waals surface area contributed by atoms with Crippen molar-refractivity contribution in [1.82, 2.24) is 14.9 Å². The summed E-state index contributed by atoms with van der Waals surface area (Å²) in [6.07, 6.45) is 3.53. The average Bonchev–Trinajstić information content (AvgIpc) is 2.68. The number of aromatic nitrogens is 2. The van der Waals surface area contributed by atoms with Gasteiger partial charge in [0, 0.05) is 31.8 Å². The van der Waals surface area contributed by atoms with Crippen molar-refractivity contribution in [1.29, 1.82) is 0 Å². The van der Waals surface area contributed by atoms with Crippen LogP contribution in [-0.4, -0.2) is 34.2 Å². The predicted molar refractivity (Wildman–Crippen MR) is 68.3 cm³/mol. The second-order valence-electron chi connectivity index (χ2n) is 4.79. The molecule has 100 valence electrons. The number of carbonyl (C=O) groups is 1. The van der Waals surface area contributed by atoms with Crippen molar-refractivity contribution in [3.8, 4) is 0 Å². The van der Waals surface area contributed by atoms with E-state index in [1.807, 2.05) is 20.0 Å². The van der Waals surface area contributed by atoms with Crippen LogP contribution in [0.2, 0.25) is 0 Å². The lowest BCUT2D eigenvalue weighted by Gasteiger charge is -2.25. The number of amides is 1. The van der Waals surface area contributed by atoms with Crippen LogP contribution in [-0.2, 0) is 22.5 Å². The molecule has 1 aliphatic rings. The lowest BCUT2D eigenvalue weighted by atomic mass is 10.1. The fraction of sp³-hybridized carbons (Fsp3) is 0.692. The largest absolute Gasteiger partial charge is 0.369 e. The highest BCUT2D eigenvalue weighted by atomic mass is 16.5. The first-order chi connectivity index (χ1) is 8.60. The van der Waals surface area contributed by atoms with Gasteiger partial charge in [-0.25, -0.2) is 4.98 Å². The maximum atomic E-state index is 11.9. The Morgan fingerprint density at radius 1 is 1.72 bits per heavy atom. The van der Waals surface area contributed by atoms with Crippen LogP contribution in [0.25, 0.3) is 0 Å². The molecule has 2 rings (SSSR count). The summed E-state index contributed by atoms with van der Waals surface area (Å²) in [5.41, 5.74) is 1.04. The smallest absolute Gasteiger partial charge is 0.249 e. The molecule has 5 nitrogen and oxygen atoms in total. The molecule has 1 amide bonds. The van der Waals surface area contributed by atoms with E-state index in [9.17, 15) is 4.79 Å². The Kier molecular flexibility index (Phi) is 4.01. The summed E-state index contributed by atoms with van der Waals surface area (Å²) in [6, 6.07) is 0.182. The normalized spacial score (nSPS) is 20.3. The monoisotopic (exact) mass is 251 g/mol. The van der Waals surface area contributed by atoms with E-state index in [1.165, 1.54) is 0 Å². The molecule has 0 unspecified atom stereocenters. The number of hydrogen-bond donors (Lipinski definition) is 1. The van der Waals surface area contributed by atoms with Gasteiger partial charge in [0.1, 0.15) is 11.9 Å². The van der Waals surface area contributed by atoms with Crippen molar-refractivity contribution in [2.75, 3.05) is 6.61 Å². The second-order valence-corrected chi connectivity index (χ2v) is 4.79. The molecule has 0 spiro atoms. The van der Waals surface area contributed by atoms with E-state index < -0.39 is 0 Å². The van der Waals surface area contributed by atoms with Crippen LogP contribution in [0.5, 0.6) is 0 Å². The number of ether oxygens (including phenoxy) is 1. The summed E-state index contributed by atoms with van der Waals surface area (Å²) in [6.45, 7) is 7.04. The average molecular weight is 251 g/mol. The Hall–Kier alpha value is -1.36. The number of carbonyl (C=O) groups excluding carboxylic acids is 1. The van der Waals surface area contributed by atoms with Gasteiger partial charge in [-0.15, -0.1) is 0 Å². The lowest BCUT2D eigenvalue weighted by molar-refractivity contribution is -0.132. The highest BCUT2D eigenvalue weighted by molar-refractivity contribution is 5.80. The number of rotatable bonds is 4. The number of nitrogens with one attached hydrogen (secondary N) is 1. The van der Waals surface area contributed by atoms with Crippen molar-refractivity contribution in [3.63, 3.8) is 0 Å². The maximum Gasteiger partial charge on any atom is 0.249 e. The molecule has 0 radical (unpaired) electrons. The van der Waals surface area contributed by atoms with Crippen LogP contribution >= 0.6 is 0 Å². The number of imidazole rings is 1. The van der Waals surface area contributed by atoms with Gasteiger partial charge < -0.3 is 14.6 Å². The van der Waals surface area contributed by atoms with E-state index in [-0.39, 0.29) is 18.1 Å².